The van der Waals surface area contributed by atoms with E-state index in [1.165, 1.54) is 5.56 Å². The SMILES string of the molecule is CC.CC1CCOc2cccc(Cl)c21. The average Bonchev–Trinajstić information content (AvgIpc) is 2.21. The Bertz CT molecular complexity index is 296. The summed E-state index contributed by atoms with van der Waals surface area (Å²) < 4.78 is 5.49. The Kier molecular flexibility index (Phi) is 4.27. The molecule has 0 amide bonds. The Hall–Kier alpha value is -0.690. The van der Waals surface area contributed by atoms with Gasteiger partial charge in [-0.25, -0.2) is 0 Å². The fourth-order valence-electron chi connectivity index (χ4n) is 1.61. The molecule has 1 aromatic rings. The van der Waals surface area contributed by atoms with Crippen molar-refractivity contribution >= 4 is 11.6 Å². The molecule has 0 aromatic heterocycles. The van der Waals surface area contributed by atoms with E-state index in [0.29, 0.717) is 5.92 Å². The lowest BCUT2D eigenvalue weighted by Crippen LogP contribution is -2.12. The van der Waals surface area contributed by atoms with Crippen molar-refractivity contribution in [3.63, 3.8) is 0 Å². The molecule has 1 aliphatic heterocycles. The summed E-state index contributed by atoms with van der Waals surface area (Å²) in [6, 6.07) is 5.83. The minimum atomic E-state index is 0.530. The molecule has 1 aliphatic rings. The Morgan fingerprint density at radius 2 is 2.07 bits per heavy atom. The Labute approximate surface area is 91.0 Å². The van der Waals surface area contributed by atoms with Gasteiger partial charge in [-0.05, 0) is 24.5 Å². The highest BCUT2D eigenvalue weighted by Crippen LogP contribution is 2.37. The molecule has 0 aliphatic carbocycles. The molecule has 78 valence electrons. The molecular formula is C12H17ClO. The molecule has 0 saturated heterocycles. The molecule has 0 saturated carbocycles. The maximum Gasteiger partial charge on any atom is 0.124 e. The number of rotatable bonds is 0. The molecule has 14 heavy (non-hydrogen) atoms. The number of halogens is 1. The maximum atomic E-state index is 6.06. The van der Waals surface area contributed by atoms with E-state index in [4.69, 9.17) is 16.3 Å². The smallest absolute Gasteiger partial charge is 0.124 e. The van der Waals surface area contributed by atoms with E-state index >= 15 is 0 Å². The van der Waals surface area contributed by atoms with Crippen molar-refractivity contribution in [1.82, 2.24) is 0 Å². The summed E-state index contributed by atoms with van der Waals surface area (Å²) in [6.45, 7) is 7.00. The van der Waals surface area contributed by atoms with Gasteiger partial charge in [0, 0.05) is 10.6 Å². The van der Waals surface area contributed by atoms with Crippen molar-refractivity contribution in [2.45, 2.75) is 33.1 Å². The Morgan fingerprint density at radius 1 is 1.36 bits per heavy atom. The summed E-state index contributed by atoms with van der Waals surface area (Å²) in [5.74, 6) is 1.49. The van der Waals surface area contributed by atoms with E-state index < -0.39 is 0 Å². The molecule has 1 atom stereocenters. The number of ether oxygens (including phenoxy) is 1. The predicted octanol–water partition coefficient (Wildman–Crippen LogP) is 4.25. The average molecular weight is 213 g/mol. The van der Waals surface area contributed by atoms with Crippen LogP contribution in [-0.4, -0.2) is 6.61 Å². The first kappa shape index (κ1) is 11.4. The summed E-state index contributed by atoms with van der Waals surface area (Å²) in [7, 11) is 0. The van der Waals surface area contributed by atoms with Crippen LogP contribution < -0.4 is 4.74 Å². The van der Waals surface area contributed by atoms with Gasteiger partial charge in [0.05, 0.1) is 6.61 Å². The first-order valence-electron chi connectivity index (χ1n) is 5.20. The molecule has 0 N–H and O–H groups in total. The second kappa shape index (κ2) is 5.26. The van der Waals surface area contributed by atoms with Gasteiger partial charge in [-0.1, -0.05) is 38.4 Å². The third-order valence-electron chi connectivity index (χ3n) is 2.31. The largest absolute Gasteiger partial charge is 0.493 e. The van der Waals surface area contributed by atoms with Crippen LogP contribution in [-0.2, 0) is 0 Å². The van der Waals surface area contributed by atoms with Gasteiger partial charge in [0.1, 0.15) is 5.75 Å². The highest BCUT2D eigenvalue weighted by Gasteiger charge is 2.19. The molecule has 2 rings (SSSR count). The zero-order chi connectivity index (χ0) is 10.6. The van der Waals surface area contributed by atoms with Crippen LogP contribution in [0.25, 0.3) is 0 Å². The van der Waals surface area contributed by atoms with Gasteiger partial charge in [0.25, 0.3) is 0 Å². The fourth-order valence-corrected chi connectivity index (χ4v) is 1.96. The van der Waals surface area contributed by atoms with Crippen LogP contribution in [0.1, 0.15) is 38.7 Å². The number of hydrogen-bond acceptors (Lipinski definition) is 1. The minimum Gasteiger partial charge on any atom is -0.493 e. The summed E-state index contributed by atoms with van der Waals surface area (Å²) >= 11 is 6.06. The van der Waals surface area contributed by atoms with Gasteiger partial charge < -0.3 is 4.74 Å². The van der Waals surface area contributed by atoms with Gasteiger partial charge in [0.2, 0.25) is 0 Å². The highest BCUT2D eigenvalue weighted by molar-refractivity contribution is 6.31. The highest BCUT2D eigenvalue weighted by atomic mass is 35.5. The van der Waals surface area contributed by atoms with Crippen LogP contribution in [0.2, 0.25) is 5.02 Å². The van der Waals surface area contributed by atoms with Crippen LogP contribution >= 0.6 is 11.6 Å². The summed E-state index contributed by atoms with van der Waals surface area (Å²) in [6.07, 6.45) is 1.07. The van der Waals surface area contributed by atoms with Gasteiger partial charge in [-0.2, -0.15) is 0 Å². The van der Waals surface area contributed by atoms with Crippen LogP contribution in [0, 0.1) is 0 Å². The van der Waals surface area contributed by atoms with Crippen LogP contribution in [0.3, 0.4) is 0 Å². The second-order valence-electron chi connectivity index (χ2n) is 3.19. The van der Waals surface area contributed by atoms with E-state index in [1.807, 2.05) is 32.0 Å². The van der Waals surface area contributed by atoms with Crippen LogP contribution in [0.5, 0.6) is 5.75 Å². The first-order valence-corrected chi connectivity index (χ1v) is 5.58. The molecule has 0 radical (unpaired) electrons. The lowest BCUT2D eigenvalue weighted by molar-refractivity contribution is 0.272. The maximum absolute atomic E-state index is 6.06. The molecule has 1 aromatic carbocycles. The second-order valence-corrected chi connectivity index (χ2v) is 3.60. The van der Waals surface area contributed by atoms with Crippen molar-refractivity contribution in [3.05, 3.63) is 28.8 Å². The van der Waals surface area contributed by atoms with E-state index in [-0.39, 0.29) is 0 Å². The molecule has 1 nitrogen and oxygen atoms in total. The van der Waals surface area contributed by atoms with Gasteiger partial charge in [-0.3, -0.25) is 0 Å². The Balaban J connectivity index is 0.000000461. The monoisotopic (exact) mass is 212 g/mol. The first-order chi connectivity index (χ1) is 6.79. The summed E-state index contributed by atoms with van der Waals surface area (Å²) in [5.41, 5.74) is 1.17. The molecule has 1 unspecified atom stereocenters. The van der Waals surface area contributed by atoms with Crippen molar-refractivity contribution in [1.29, 1.82) is 0 Å². The van der Waals surface area contributed by atoms with Gasteiger partial charge in [-0.15, -0.1) is 0 Å². The van der Waals surface area contributed by atoms with Crippen molar-refractivity contribution < 1.29 is 4.74 Å². The van der Waals surface area contributed by atoms with Crippen molar-refractivity contribution in [2.24, 2.45) is 0 Å². The fraction of sp³-hybridized carbons (Fsp3) is 0.500. The number of hydrogen-bond donors (Lipinski definition) is 0. The van der Waals surface area contributed by atoms with E-state index in [1.54, 1.807) is 0 Å². The third-order valence-corrected chi connectivity index (χ3v) is 2.64. The van der Waals surface area contributed by atoms with Crippen LogP contribution in [0.15, 0.2) is 18.2 Å². The van der Waals surface area contributed by atoms with E-state index in [2.05, 4.69) is 6.92 Å². The van der Waals surface area contributed by atoms with Gasteiger partial charge in [0.15, 0.2) is 0 Å². The summed E-state index contributed by atoms with van der Waals surface area (Å²) in [4.78, 5) is 0. The standard InChI is InChI=1S/C10H11ClO.C2H6/c1-7-5-6-12-9-4-2-3-8(11)10(7)9;1-2/h2-4,7H,5-6H2,1H3;1-2H3. The normalized spacial score (nSPS) is 18.7. The zero-order valence-electron chi connectivity index (χ0n) is 9.01. The van der Waals surface area contributed by atoms with Gasteiger partial charge >= 0.3 is 0 Å². The molecule has 1 heterocycles. The summed E-state index contributed by atoms with van der Waals surface area (Å²) in [5, 5.41) is 0.833. The molecular weight excluding hydrogens is 196 g/mol. The molecule has 0 fully saturated rings. The third kappa shape index (κ3) is 2.21. The van der Waals surface area contributed by atoms with Crippen molar-refractivity contribution in [3.8, 4) is 5.75 Å². The zero-order valence-corrected chi connectivity index (χ0v) is 9.77. The lowest BCUT2D eigenvalue weighted by atomic mass is 9.95. The van der Waals surface area contributed by atoms with Crippen molar-refractivity contribution in [2.75, 3.05) is 6.61 Å². The molecule has 2 heteroatoms. The van der Waals surface area contributed by atoms with E-state index in [9.17, 15) is 0 Å². The molecule has 0 spiro atoms. The molecule has 0 bridgehead atoms. The minimum absolute atomic E-state index is 0.530. The quantitative estimate of drug-likeness (QED) is 0.625. The predicted molar refractivity (Wildman–Crippen MR) is 61.3 cm³/mol. The van der Waals surface area contributed by atoms with E-state index in [0.717, 1.165) is 23.8 Å². The topological polar surface area (TPSA) is 9.23 Å². The van der Waals surface area contributed by atoms with Crippen LogP contribution in [0.4, 0.5) is 0 Å². The lowest BCUT2D eigenvalue weighted by Gasteiger charge is -2.23. The number of fused-ring (bicyclic) bond motifs is 1. The Morgan fingerprint density at radius 3 is 2.71 bits per heavy atom. The number of benzene rings is 1.